The van der Waals surface area contributed by atoms with Crippen molar-refractivity contribution < 1.29 is 9.53 Å². The Kier molecular flexibility index (Phi) is 4.50. The minimum Gasteiger partial charge on any atom is -0.496 e. The molecule has 0 aliphatic heterocycles. The van der Waals surface area contributed by atoms with Crippen LogP contribution < -0.4 is 10.2 Å². The zero-order chi connectivity index (χ0) is 14.4. The fourth-order valence-corrected chi connectivity index (χ4v) is 1.78. The summed E-state index contributed by atoms with van der Waals surface area (Å²) in [7, 11) is 1.53. The number of nitrogens with zero attached hydrogens (tertiary/aromatic N) is 1. The lowest BCUT2D eigenvalue weighted by Crippen LogP contribution is -2.18. The summed E-state index contributed by atoms with van der Waals surface area (Å²) < 4.78 is 5.14. The summed E-state index contributed by atoms with van der Waals surface area (Å²) in [5.41, 5.74) is 5.02. The van der Waals surface area contributed by atoms with Gasteiger partial charge >= 0.3 is 0 Å². The third-order valence-corrected chi connectivity index (χ3v) is 2.91. The van der Waals surface area contributed by atoms with E-state index in [1.54, 1.807) is 24.4 Å². The van der Waals surface area contributed by atoms with Crippen LogP contribution in [0.2, 0.25) is 0 Å². The molecule has 2 rings (SSSR count). The lowest BCUT2D eigenvalue weighted by atomic mass is 10.1. The lowest BCUT2D eigenvalue weighted by molar-refractivity contribution is 0.0952. The van der Waals surface area contributed by atoms with Gasteiger partial charge in [-0.2, -0.15) is 5.10 Å². The van der Waals surface area contributed by atoms with Gasteiger partial charge in [-0.25, -0.2) is 5.43 Å². The number of amides is 1. The molecule has 0 saturated carbocycles. The van der Waals surface area contributed by atoms with Crippen molar-refractivity contribution in [3.8, 4) is 5.75 Å². The van der Waals surface area contributed by atoms with Crippen LogP contribution in [0.4, 0.5) is 0 Å². The molecule has 0 aliphatic carbocycles. The number of carbonyl (C=O) groups is 1. The number of methoxy groups -OCH3 is 1. The Hall–Kier alpha value is -2.62. The second-order valence-electron chi connectivity index (χ2n) is 4.26. The SMILES string of the molecule is COc1ccccc1C(=O)N/N=C\c1ccccc1C. The highest BCUT2D eigenvalue weighted by molar-refractivity contribution is 5.97. The number of carbonyl (C=O) groups excluding carboxylic acids is 1. The van der Waals surface area contributed by atoms with Crippen LogP contribution in [0.1, 0.15) is 21.5 Å². The van der Waals surface area contributed by atoms with Gasteiger partial charge < -0.3 is 4.74 Å². The number of hydrazone groups is 1. The van der Waals surface area contributed by atoms with Crippen molar-refractivity contribution in [2.75, 3.05) is 7.11 Å². The Morgan fingerprint density at radius 3 is 2.60 bits per heavy atom. The molecule has 102 valence electrons. The minimum atomic E-state index is -0.299. The van der Waals surface area contributed by atoms with Crippen LogP contribution in [0.5, 0.6) is 5.75 Å². The number of aryl methyl sites for hydroxylation is 1. The van der Waals surface area contributed by atoms with Crippen molar-refractivity contribution >= 4 is 12.1 Å². The number of para-hydroxylation sites is 1. The van der Waals surface area contributed by atoms with E-state index in [2.05, 4.69) is 10.5 Å². The molecule has 0 atom stereocenters. The second-order valence-corrected chi connectivity index (χ2v) is 4.26. The summed E-state index contributed by atoms with van der Waals surface area (Å²) in [5.74, 6) is 0.225. The molecule has 0 spiro atoms. The molecule has 4 heteroatoms. The Morgan fingerprint density at radius 2 is 1.85 bits per heavy atom. The number of benzene rings is 2. The second kappa shape index (κ2) is 6.52. The highest BCUT2D eigenvalue weighted by atomic mass is 16.5. The van der Waals surface area contributed by atoms with Crippen LogP contribution in [-0.4, -0.2) is 19.2 Å². The first-order chi connectivity index (χ1) is 9.72. The Morgan fingerprint density at radius 1 is 1.15 bits per heavy atom. The van der Waals surface area contributed by atoms with Gasteiger partial charge in [0, 0.05) is 0 Å². The van der Waals surface area contributed by atoms with Crippen LogP contribution in [0.3, 0.4) is 0 Å². The van der Waals surface area contributed by atoms with Gasteiger partial charge in [0.25, 0.3) is 5.91 Å². The average Bonchev–Trinajstić information content (AvgIpc) is 2.49. The molecule has 0 aromatic heterocycles. The lowest BCUT2D eigenvalue weighted by Gasteiger charge is -2.06. The van der Waals surface area contributed by atoms with E-state index in [4.69, 9.17) is 4.74 Å². The van der Waals surface area contributed by atoms with Gasteiger partial charge in [-0.3, -0.25) is 4.79 Å². The topological polar surface area (TPSA) is 50.7 Å². The van der Waals surface area contributed by atoms with E-state index < -0.39 is 0 Å². The van der Waals surface area contributed by atoms with Crippen molar-refractivity contribution in [2.45, 2.75) is 6.92 Å². The minimum absolute atomic E-state index is 0.299. The molecule has 1 N–H and O–H groups in total. The first kappa shape index (κ1) is 13.8. The molecule has 0 bridgehead atoms. The smallest absolute Gasteiger partial charge is 0.275 e. The molecule has 0 heterocycles. The molecule has 20 heavy (non-hydrogen) atoms. The van der Waals surface area contributed by atoms with E-state index in [0.717, 1.165) is 11.1 Å². The van der Waals surface area contributed by atoms with Gasteiger partial charge in [-0.1, -0.05) is 36.4 Å². The molecule has 0 radical (unpaired) electrons. The van der Waals surface area contributed by atoms with Crippen LogP contribution in [0.15, 0.2) is 53.6 Å². The maximum atomic E-state index is 12.0. The van der Waals surface area contributed by atoms with Crippen molar-refractivity contribution in [3.05, 3.63) is 65.2 Å². The van der Waals surface area contributed by atoms with E-state index in [1.807, 2.05) is 37.3 Å². The predicted octanol–water partition coefficient (Wildman–Crippen LogP) is 2.77. The molecule has 4 nitrogen and oxygen atoms in total. The van der Waals surface area contributed by atoms with E-state index >= 15 is 0 Å². The summed E-state index contributed by atoms with van der Waals surface area (Å²) in [6.07, 6.45) is 1.63. The molecule has 0 fully saturated rings. The molecule has 2 aromatic carbocycles. The van der Waals surface area contributed by atoms with Crippen LogP contribution in [0.25, 0.3) is 0 Å². The first-order valence-corrected chi connectivity index (χ1v) is 6.24. The molecule has 0 unspecified atom stereocenters. The van der Waals surface area contributed by atoms with Crippen LogP contribution >= 0.6 is 0 Å². The summed E-state index contributed by atoms with van der Waals surface area (Å²) >= 11 is 0. The standard InChI is InChI=1S/C16H16N2O2/c1-12-7-3-4-8-13(12)11-17-18-16(19)14-9-5-6-10-15(14)20-2/h3-11H,1-2H3,(H,18,19)/b17-11-. The fraction of sp³-hybridized carbons (Fsp3) is 0.125. The third-order valence-electron chi connectivity index (χ3n) is 2.91. The van der Waals surface area contributed by atoms with Crippen LogP contribution in [0, 0.1) is 6.92 Å². The fourth-order valence-electron chi connectivity index (χ4n) is 1.78. The van der Waals surface area contributed by atoms with E-state index in [1.165, 1.54) is 7.11 Å². The summed E-state index contributed by atoms with van der Waals surface area (Å²) in [6, 6.07) is 14.8. The molecule has 2 aromatic rings. The van der Waals surface area contributed by atoms with E-state index in [-0.39, 0.29) is 5.91 Å². The maximum absolute atomic E-state index is 12.0. The van der Waals surface area contributed by atoms with Crippen LogP contribution in [-0.2, 0) is 0 Å². The van der Waals surface area contributed by atoms with Gasteiger partial charge in [0.05, 0.1) is 18.9 Å². The molecular formula is C16H16N2O2. The van der Waals surface area contributed by atoms with Gasteiger partial charge in [0.1, 0.15) is 5.75 Å². The summed E-state index contributed by atoms with van der Waals surface area (Å²) in [4.78, 5) is 12.0. The van der Waals surface area contributed by atoms with Crippen molar-refractivity contribution in [1.29, 1.82) is 0 Å². The zero-order valence-corrected chi connectivity index (χ0v) is 11.5. The first-order valence-electron chi connectivity index (χ1n) is 6.24. The molecular weight excluding hydrogens is 252 g/mol. The van der Waals surface area contributed by atoms with Crippen molar-refractivity contribution in [3.63, 3.8) is 0 Å². The molecule has 0 aliphatic rings. The number of hydrogen-bond acceptors (Lipinski definition) is 3. The maximum Gasteiger partial charge on any atom is 0.275 e. The van der Waals surface area contributed by atoms with Crippen molar-refractivity contribution in [2.24, 2.45) is 5.10 Å². The Balaban J connectivity index is 2.07. The monoisotopic (exact) mass is 268 g/mol. The van der Waals surface area contributed by atoms with Gasteiger partial charge in [-0.05, 0) is 30.2 Å². The predicted molar refractivity (Wildman–Crippen MR) is 79.2 cm³/mol. The average molecular weight is 268 g/mol. The normalized spacial score (nSPS) is 10.5. The largest absolute Gasteiger partial charge is 0.496 e. The quantitative estimate of drug-likeness (QED) is 0.684. The van der Waals surface area contributed by atoms with E-state index in [9.17, 15) is 4.79 Å². The Bertz CT molecular complexity index is 636. The summed E-state index contributed by atoms with van der Waals surface area (Å²) in [5, 5.41) is 3.97. The van der Waals surface area contributed by atoms with E-state index in [0.29, 0.717) is 11.3 Å². The summed E-state index contributed by atoms with van der Waals surface area (Å²) in [6.45, 7) is 1.99. The number of ether oxygens (including phenoxy) is 1. The highest BCUT2D eigenvalue weighted by Gasteiger charge is 2.09. The van der Waals surface area contributed by atoms with Gasteiger partial charge in [0.15, 0.2) is 0 Å². The third kappa shape index (κ3) is 3.23. The number of hydrogen-bond donors (Lipinski definition) is 1. The number of nitrogens with one attached hydrogen (secondary N) is 1. The Labute approximate surface area is 118 Å². The molecule has 1 amide bonds. The number of rotatable bonds is 4. The zero-order valence-electron chi connectivity index (χ0n) is 11.5. The van der Waals surface area contributed by atoms with Crippen molar-refractivity contribution in [1.82, 2.24) is 5.43 Å². The van der Waals surface area contributed by atoms with Gasteiger partial charge in [-0.15, -0.1) is 0 Å². The highest BCUT2D eigenvalue weighted by Crippen LogP contribution is 2.16. The van der Waals surface area contributed by atoms with Gasteiger partial charge in [0.2, 0.25) is 0 Å². The molecule has 0 saturated heterocycles.